The molecular weight excluding hydrogens is 178 g/mol. The topological polar surface area (TPSA) is 30.3 Å². The summed E-state index contributed by atoms with van der Waals surface area (Å²) in [5, 5.41) is 0. The molecule has 1 aliphatic heterocycles. The van der Waals surface area contributed by atoms with Crippen molar-refractivity contribution in [2.75, 3.05) is 26.2 Å². The summed E-state index contributed by atoms with van der Waals surface area (Å²) < 4.78 is 7.77. The van der Waals surface area contributed by atoms with Gasteiger partial charge in [0.1, 0.15) is 0 Å². The fourth-order valence-corrected chi connectivity index (χ4v) is 1.81. The Kier molecular flexibility index (Phi) is 3.16. The lowest BCUT2D eigenvalue weighted by Crippen LogP contribution is -2.43. The highest BCUT2D eigenvalue weighted by atomic mass is 16.5. The first-order valence-corrected chi connectivity index (χ1v) is 5.18. The molecule has 2 heterocycles. The highest BCUT2D eigenvalue weighted by Crippen LogP contribution is 2.06. The van der Waals surface area contributed by atoms with Crippen molar-refractivity contribution in [2.24, 2.45) is 0 Å². The van der Waals surface area contributed by atoms with E-state index in [0.29, 0.717) is 6.10 Å². The zero-order valence-corrected chi connectivity index (χ0v) is 8.59. The van der Waals surface area contributed by atoms with Crippen molar-refractivity contribution in [1.82, 2.24) is 14.5 Å². The maximum Gasteiger partial charge on any atom is 0.0946 e. The number of morpholine rings is 1. The van der Waals surface area contributed by atoms with Gasteiger partial charge < -0.3 is 9.30 Å². The maximum atomic E-state index is 5.69. The van der Waals surface area contributed by atoms with E-state index >= 15 is 0 Å². The van der Waals surface area contributed by atoms with Crippen molar-refractivity contribution in [3.63, 3.8) is 0 Å². The quantitative estimate of drug-likeness (QED) is 0.707. The van der Waals surface area contributed by atoms with Crippen molar-refractivity contribution in [2.45, 2.75) is 19.6 Å². The van der Waals surface area contributed by atoms with Gasteiger partial charge in [-0.1, -0.05) is 6.92 Å². The van der Waals surface area contributed by atoms with E-state index in [2.05, 4.69) is 21.4 Å². The van der Waals surface area contributed by atoms with Crippen molar-refractivity contribution in [1.29, 1.82) is 0 Å². The highest BCUT2D eigenvalue weighted by molar-refractivity contribution is 4.78. The van der Waals surface area contributed by atoms with Crippen molar-refractivity contribution >= 4 is 0 Å². The smallest absolute Gasteiger partial charge is 0.0946 e. The number of aromatic nitrogens is 2. The van der Waals surface area contributed by atoms with Gasteiger partial charge >= 0.3 is 0 Å². The standard InChI is InChI=1S/C10H17N3O/c1-2-12-5-6-14-10(7-12)8-13-4-3-11-9-13/h3-4,9-10H,2,5-8H2,1H3. The third kappa shape index (κ3) is 2.33. The van der Waals surface area contributed by atoms with Crippen LogP contribution in [-0.4, -0.2) is 46.8 Å². The number of imidazole rings is 1. The SMILES string of the molecule is CCN1CCOC(Cn2ccnc2)C1. The molecule has 0 aliphatic carbocycles. The number of nitrogens with zero attached hydrogens (tertiary/aromatic N) is 3. The Morgan fingerprint density at radius 2 is 2.50 bits per heavy atom. The van der Waals surface area contributed by atoms with Gasteiger partial charge in [0.25, 0.3) is 0 Å². The van der Waals surface area contributed by atoms with E-state index in [1.54, 1.807) is 6.20 Å². The summed E-state index contributed by atoms with van der Waals surface area (Å²) >= 11 is 0. The van der Waals surface area contributed by atoms with Crippen LogP contribution < -0.4 is 0 Å². The van der Waals surface area contributed by atoms with Gasteiger partial charge in [-0.25, -0.2) is 4.98 Å². The van der Waals surface area contributed by atoms with Crippen LogP contribution in [0.15, 0.2) is 18.7 Å². The predicted molar refractivity (Wildman–Crippen MR) is 54.1 cm³/mol. The summed E-state index contributed by atoms with van der Waals surface area (Å²) in [6, 6.07) is 0. The summed E-state index contributed by atoms with van der Waals surface area (Å²) in [7, 11) is 0. The van der Waals surface area contributed by atoms with Crippen LogP contribution in [0.4, 0.5) is 0 Å². The van der Waals surface area contributed by atoms with Gasteiger partial charge in [0.2, 0.25) is 0 Å². The predicted octanol–water partition coefficient (Wildman–Crippen LogP) is 0.604. The lowest BCUT2D eigenvalue weighted by Gasteiger charge is -2.32. The van der Waals surface area contributed by atoms with E-state index in [4.69, 9.17) is 4.74 Å². The van der Waals surface area contributed by atoms with Crippen LogP contribution in [0.3, 0.4) is 0 Å². The van der Waals surface area contributed by atoms with Crippen LogP contribution in [0.1, 0.15) is 6.92 Å². The molecule has 1 saturated heterocycles. The highest BCUT2D eigenvalue weighted by Gasteiger charge is 2.19. The molecule has 14 heavy (non-hydrogen) atoms. The Morgan fingerprint density at radius 1 is 1.57 bits per heavy atom. The Morgan fingerprint density at radius 3 is 3.21 bits per heavy atom. The van der Waals surface area contributed by atoms with E-state index in [1.165, 1.54) is 0 Å². The Hall–Kier alpha value is -0.870. The minimum Gasteiger partial charge on any atom is -0.374 e. The molecule has 1 aromatic rings. The minimum absolute atomic E-state index is 0.317. The molecule has 0 N–H and O–H groups in total. The van der Waals surface area contributed by atoms with Crippen LogP contribution in [0.5, 0.6) is 0 Å². The molecular formula is C10H17N3O. The van der Waals surface area contributed by atoms with Gasteiger partial charge in [0.15, 0.2) is 0 Å². The van der Waals surface area contributed by atoms with Crippen molar-refractivity contribution in [3.8, 4) is 0 Å². The second-order valence-electron chi connectivity index (χ2n) is 3.65. The normalized spacial score (nSPS) is 23.9. The number of hydrogen-bond donors (Lipinski definition) is 0. The molecule has 0 radical (unpaired) electrons. The Bertz CT molecular complexity index is 260. The van der Waals surface area contributed by atoms with Crippen LogP contribution >= 0.6 is 0 Å². The third-order valence-corrected chi connectivity index (χ3v) is 2.64. The molecule has 0 saturated carbocycles. The van der Waals surface area contributed by atoms with E-state index in [0.717, 1.165) is 32.8 Å². The molecule has 1 aromatic heterocycles. The summed E-state index contributed by atoms with van der Waals surface area (Å²) in [6.45, 7) is 7.18. The summed E-state index contributed by atoms with van der Waals surface area (Å²) in [5.41, 5.74) is 0. The average Bonchev–Trinajstić information content (AvgIpc) is 2.71. The van der Waals surface area contributed by atoms with Gasteiger partial charge in [-0.2, -0.15) is 0 Å². The van der Waals surface area contributed by atoms with Crippen LogP contribution in [0, 0.1) is 0 Å². The van der Waals surface area contributed by atoms with E-state index in [1.807, 2.05) is 12.5 Å². The Balaban J connectivity index is 1.86. The molecule has 0 amide bonds. The number of ether oxygens (including phenoxy) is 1. The van der Waals surface area contributed by atoms with Gasteiger partial charge in [-0.3, -0.25) is 4.90 Å². The van der Waals surface area contributed by atoms with E-state index < -0.39 is 0 Å². The first kappa shape index (κ1) is 9.68. The third-order valence-electron chi connectivity index (χ3n) is 2.64. The van der Waals surface area contributed by atoms with Gasteiger partial charge in [0, 0.05) is 25.5 Å². The maximum absolute atomic E-state index is 5.69. The molecule has 1 aliphatic rings. The van der Waals surface area contributed by atoms with Gasteiger partial charge in [0.05, 0.1) is 25.6 Å². The molecule has 1 unspecified atom stereocenters. The largest absolute Gasteiger partial charge is 0.374 e. The van der Waals surface area contributed by atoms with Crippen molar-refractivity contribution < 1.29 is 4.74 Å². The van der Waals surface area contributed by atoms with Gasteiger partial charge in [-0.15, -0.1) is 0 Å². The molecule has 4 heteroatoms. The lowest BCUT2D eigenvalue weighted by molar-refractivity contribution is -0.0343. The molecule has 4 nitrogen and oxygen atoms in total. The second kappa shape index (κ2) is 4.57. The number of hydrogen-bond acceptors (Lipinski definition) is 3. The van der Waals surface area contributed by atoms with Crippen LogP contribution in [-0.2, 0) is 11.3 Å². The van der Waals surface area contributed by atoms with Crippen LogP contribution in [0.25, 0.3) is 0 Å². The molecule has 78 valence electrons. The second-order valence-corrected chi connectivity index (χ2v) is 3.65. The molecule has 0 bridgehead atoms. The average molecular weight is 195 g/mol. The fourth-order valence-electron chi connectivity index (χ4n) is 1.81. The zero-order chi connectivity index (χ0) is 9.80. The molecule has 1 atom stereocenters. The first-order chi connectivity index (χ1) is 6.88. The van der Waals surface area contributed by atoms with Crippen molar-refractivity contribution in [3.05, 3.63) is 18.7 Å². The van der Waals surface area contributed by atoms with Crippen LogP contribution in [0.2, 0.25) is 0 Å². The number of likely N-dealkylation sites (N-methyl/N-ethyl adjacent to an activating group) is 1. The minimum atomic E-state index is 0.317. The van der Waals surface area contributed by atoms with E-state index in [-0.39, 0.29) is 0 Å². The lowest BCUT2D eigenvalue weighted by atomic mass is 10.2. The fraction of sp³-hybridized carbons (Fsp3) is 0.700. The van der Waals surface area contributed by atoms with Gasteiger partial charge in [-0.05, 0) is 6.54 Å². The molecule has 0 aromatic carbocycles. The molecule has 2 rings (SSSR count). The zero-order valence-electron chi connectivity index (χ0n) is 8.59. The molecule has 0 spiro atoms. The molecule has 1 fully saturated rings. The van der Waals surface area contributed by atoms with E-state index in [9.17, 15) is 0 Å². The summed E-state index contributed by atoms with van der Waals surface area (Å²) in [5.74, 6) is 0. The monoisotopic (exact) mass is 195 g/mol. The number of rotatable bonds is 3. The summed E-state index contributed by atoms with van der Waals surface area (Å²) in [4.78, 5) is 6.44. The first-order valence-electron chi connectivity index (χ1n) is 5.18. The summed E-state index contributed by atoms with van der Waals surface area (Å²) in [6.07, 6.45) is 5.95. The Labute approximate surface area is 84.5 Å².